The molecule has 0 atom stereocenters. The number of amides is 1. The van der Waals surface area contributed by atoms with Crippen LogP contribution in [0.5, 0.6) is 17.2 Å². The maximum Gasteiger partial charge on any atom is 0.264 e. The van der Waals surface area contributed by atoms with E-state index < -0.39 is 22.5 Å². The highest BCUT2D eigenvalue weighted by Gasteiger charge is 2.27. The molecular weight excluding hydrogens is 482 g/mol. The van der Waals surface area contributed by atoms with E-state index >= 15 is 0 Å². The van der Waals surface area contributed by atoms with Crippen molar-refractivity contribution in [2.24, 2.45) is 5.10 Å². The number of benzene rings is 3. The Labute approximate surface area is 211 Å². The minimum absolute atomic E-state index is 0.0314. The van der Waals surface area contributed by atoms with E-state index in [1.165, 1.54) is 32.6 Å². The Morgan fingerprint density at radius 3 is 2.31 bits per heavy atom. The third kappa shape index (κ3) is 6.33. The molecule has 0 aliphatic carbocycles. The van der Waals surface area contributed by atoms with E-state index in [-0.39, 0.29) is 4.90 Å². The van der Waals surface area contributed by atoms with Crippen molar-refractivity contribution in [3.63, 3.8) is 0 Å². The van der Waals surface area contributed by atoms with E-state index in [4.69, 9.17) is 14.2 Å². The van der Waals surface area contributed by atoms with Crippen LogP contribution in [0.1, 0.15) is 18.1 Å². The number of anilines is 1. The summed E-state index contributed by atoms with van der Waals surface area (Å²) in [5.74, 6) is 0.902. The van der Waals surface area contributed by atoms with Gasteiger partial charge in [0.25, 0.3) is 15.9 Å². The topological polar surface area (TPSA) is 107 Å². The van der Waals surface area contributed by atoms with Gasteiger partial charge >= 0.3 is 0 Å². The number of carbonyl (C=O) groups excluding carboxylic acids is 1. The highest BCUT2D eigenvalue weighted by molar-refractivity contribution is 7.92. The average molecular weight is 512 g/mol. The molecule has 0 heterocycles. The molecule has 3 rings (SSSR count). The summed E-state index contributed by atoms with van der Waals surface area (Å²) in [4.78, 5) is 12.8. The summed E-state index contributed by atoms with van der Waals surface area (Å²) in [6, 6.07) is 18.2. The van der Waals surface area contributed by atoms with Crippen LogP contribution in [0.4, 0.5) is 5.69 Å². The van der Waals surface area contributed by atoms with Crippen LogP contribution in [0.2, 0.25) is 0 Å². The minimum Gasteiger partial charge on any atom is -0.494 e. The number of ether oxygens (including phenoxy) is 3. The quantitative estimate of drug-likeness (QED) is 0.310. The van der Waals surface area contributed by atoms with Crippen molar-refractivity contribution >= 4 is 27.8 Å². The standard InChI is InChI=1S/C26H29N3O6S/c1-5-35-22-13-15-23(16-14-22)36(31,32)29(21-11-9-19(2)10-12-21)18-25(30)28-27-17-20-7-6-8-24(33-3)26(20)34-4/h6-17H,5,18H2,1-4H3,(H,28,30)/b27-17-. The van der Waals surface area contributed by atoms with Crippen LogP contribution in [0.3, 0.4) is 0 Å². The molecule has 3 aromatic rings. The zero-order valence-electron chi connectivity index (χ0n) is 20.6. The third-order valence-corrected chi connectivity index (χ3v) is 6.95. The molecule has 190 valence electrons. The third-order valence-electron chi connectivity index (χ3n) is 5.16. The first-order valence-electron chi connectivity index (χ1n) is 11.1. The number of hydrogen-bond acceptors (Lipinski definition) is 7. The number of nitrogens with zero attached hydrogens (tertiary/aromatic N) is 2. The minimum atomic E-state index is -4.06. The van der Waals surface area contributed by atoms with Gasteiger partial charge in [0.15, 0.2) is 11.5 Å². The number of rotatable bonds is 11. The van der Waals surface area contributed by atoms with Crippen molar-refractivity contribution in [1.82, 2.24) is 5.43 Å². The zero-order chi connectivity index (χ0) is 26.1. The van der Waals surface area contributed by atoms with Gasteiger partial charge in [-0.3, -0.25) is 9.10 Å². The van der Waals surface area contributed by atoms with Crippen LogP contribution in [0, 0.1) is 6.92 Å². The molecule has 9 nitrogen and oxygen atoms in total. The molecule has 0 unspecified atom stereocenters. The SMILES string of the molecule is CCOc1ccc(S(=O)(=O)N(CC(=O)N/N=C\c2cccc(OC)c2OC)c2ccc(C)cc2)cc1. The van der Waals surface area contributed by atoms with Crippen molar-refractivity contribution < 1.29 is 27.4 Å². The lowest BCUT2D eigenvalue weighted by molar-refractivity contribution is -0.119. The molecule has 3 aromatic carbocycles. The Kier molecular flexibility index (Phi) is 8.91. The van der Waals surface area contributed by atoms with Crippen LogP contribution in [0.15, 0.2) is 76.7 Å². The molecule has 0 aliphatic rings. The van der Waals surface area contributed by atoms with Gasteiger partial charge in [-0.1, -0.05) is 23.8 Å². The second-order valence-corrected chi connectivity index (χ2v) is 9.49. The lowest BCUT2D eigenvalue weighted by atomic mass is 10.2. The van der Waals surface area contributed by atoms with Gasteiger partial charge in [0.2, 0.25) is 0 Å². The number of para-hydroxylation sites is 1. The molecule has 0 fully saturated rings. The second kappa shape index (κ2) is 12.1. The van der Waals surface area contributed by atoms with Gasteiger partial charge in [0.1, 0.15) is 12.3 Å². The Balaban J connectivity index is 1.84. The summed E-state index contributed by atoms with van der Waals surface area (Å²) in [5, 5.41) is 3.98. The highest BCUT2D eigenvalue weighted by Crippen LogP contribution is 2.29. The predicted molar refractivity (Wildman–Crippen MR) is 139 cm³/mol. The summed E-state index contributed by atoms with van der Waals surface area (Å²) in [5.41, 5.74) is 4.27. The van der Waals surface area contributed by atoms with Gasteiger partial charge in [0.05, 0.1) is 37.6 Å². The maximum atomic E-state index is 13.5. The maximum absolute atomic E-state index is 13.5. The largest absolute Gasteiger partial charge is 0.494 e. The van der Waals surface area contributed by atoms with Gasteiger partial charge in [-0.05, 0) is 62.4 Å². The average Bonchev–Trinajstić information content (AvgIpc) is 2.88. The molecule has 0 radical (unpaired) electrons. The molecule has 0 saturated heterocycles. The van der Waals surface area contributed by atoms with E-state index in [1.807, 2.05) is 13.8 Å². The van der Waals surface area contributed by atoms with Crippen molar-refractivity contribution in [3.8, 4) is 17.2 Å². The molecule has 0 aliphatic heterocycles. The summed E-state index contributed by atoms with van der Waals surface area (Å²) in [6.07, 6.45) is 1.40. The smallest absolute Gasteiger partial charge is 0.264 e. The molecule has 10 heteroatoms. The van der Waals surface area contributed by atoms with Gasteiger partial charge in [-0.25, -0.2) is 13.8 Å². The van der Waals surface area contributed by atoms with Crippen LogP contribution >= 0.6 is 0 Å². The molecule has 36 heavy (non-hydrogen) atoms. The fourth-order valence-electron chi connectivity index (χ4n) is 3.38. The Morgan fingerprint density at radius 2 is 1.69 bits per heavy atom. The predicted octanol–water partition coefficient (Wildman–Crippen LogP) is 3.76. The number of methoxy groups -OCH3 is 2. The van der Waals surface area contributed by atoms with Crippen LogP contribution in [-0.4, -0.2) is 47.9 Å². The lowest BCUT2D eigenvalue weighted by Gasteiger charge is -2.24. The fourth-order valence-corrected chi connectivity index (χ4v) is 4.80. The Bertz CT molecular complexity index is 1310. The normalized spacial score (nSPS) is 11.2. The van der Waals surface area contributed by atoms with Gasteiger partial charge in [-0.2, -0.15) is 5.10 Å². The van der Waals surface area contributed by atoms with Crippen LogP contribution < -0.4 is 23.9 Å². The number of hydrogen-bond donors (Lipinski definition) is 1. The molecule has 1 N–H and O–H groups in total. The molecule has 0 spiro atoms. The van der Waals surface area contributed by atoms with E-state index in [0.29, 0.717) is 35.1 Å². The second-order valence-electron chi connectivity index (χ2n) is 7.63. The van der Waals surface area contributed by atoms with E-state index in [1.54, 1.807) is 54.6 Å². The molecular formula is C26H29N3O6S. The number of carbonyl (C=O) groups is 1. The zero-order valence-corrected chi connectivity index (χ0v) is 21.4. The molecule has 1 amide bonds. The van der Waals surface area contributed by atoms with E-state index in [0.717, 1.165) is 9.87 Å². The summed E-state index contributed by atoms with van der Waals surface area (Å²) in [7, 11) is -1.04. The van der Waals surface area contributed by atoms with Crippen LogP contribution in [-0.2, 0) is 14.8 Å². The van der Waals surface area contributed by atoms with Crippen molar-refractivity contribution in [2.75, 3.05) is 31.7 Å². The van der Waals surface area contributed by atoms with Crippen molar-refractivity contribution in [3.05, 3.63) is 77.9 Å². The Hall–Kier alpha value is -4.05. The Morgan fingerprint density at radius 1 is 1.00 bits per heavy atom. The number of hydrazone groups is 1. The first-order chi connectivity index (χ1) is 17.3. The van der Waals surface area contributed by atoms with Gasteiger partial charge < -0.3 is 14.2 Å². The molecule has 0 aromatic heterocycles. The van der Waals surface area contributed by atoms with Crippen molar-refractivity contribution in [1.29, 1.82) is 0 Å². The van der Waals surface area contributed by atoms with Gasteiger partial charge in [0, 0.05) is 5.56 Å². The highest BCUT2D eigenvalue weighted by atomic mass is 32.2. The molecule has 0 bridgehead atoms. The summed E-state index contributed by atoms with van der Waals surface area (Å²) < 4.78 is 44.1. The van der Waals surface area contributed by atoms with E-state index in [9.17, 15) is 13.2 Å². The first-order valence-corrected chi connectivity index (χ1v) is 12.6. The number of nitrogens with one attached hydrogen (secondary N) is 1. The van der Waals surface area contributed by atoms with Crippen molar-refractivity contribution in [2.45, 2.75) is 18.7 Å². The summed E-state index contributed by atoms with van der Waals surface area (Å²) >= 11 is 0. The van der Waals surface area contributed by atoms with Gasteiger partial charge in [-0.15, -0.1) is 0 Å². The lowest BCUT2D eigenvalue weighted by Crippen LogP contribution is -2.39. The molecule has 0 saturated carbocycles. The fraction of sp³-hybridized carbons (Fsp3) is 0.231. The van der Waals surface area contributed by atoms with Crippen LogP contribution in [0.25, 0.3) is 0 Å². The monoisotopic (exact) mass is 511 g/mol. The first kappa shape index (κ1) is 26.6. The number of sulfonamides is 1. The number of aryl methyl sites for hydroxylation is 1. The van der Waals surface area contributed by atoms with E-state index in [2.05, 4.69) is 10.5 Å². The summed E-state index contributed by atoms with van der Waals surface area (Å²) in [6.45, 7) is 3.72.